The maximum absolute atomic E-state index is 15.6. The molecule has 5 rings (SSSR count). The second-order valence-electron chi connectivity index (χ2n) is 11.4. The number of halogens is 2. The van der Waals surface area contributed by atoms with Gasteiger partial charge in [0.05, 0.1) is 0 Å². The van der Waals surface area contributed by atoms with Gasteiger partial charge in [-0.25, -0.2) is 0 Å². The fourth-order valence-corrected chi connectivity index (χ4v) is 10.0. The number of hydrogen-bond acceptors (Lipinski definition) is 8. The number of nitrogen functional groups attached to an aromatic ring is 1. The first kappa shape index (κ1) is 34.1. The Kier molecular flexibility index (Phi) is 10.1. The summed E-state index contributed by atoms with van der Waals surface area (Å²) in [7, 11) is -1.35. The molecule has 1 aliphatic heterocycles. The van der Waals surface area contributed by atoms with Crippen molar-refractivity contribution >= 4 is 64.2 Å². The minimum absolute atomic E-state index is 0.00984. The third kappa shape index (κ3) is 6.91. The van der Waals surface area contributed by atoms with Crippen molar-refractivity contribution in [2.45, 2.75) is 47.6 Å². The fraction of sp³-hybridized carbons (Fsp3) is 0.303. The Morgan fingerprint density at radius 1 is 1.06 bits per heavy atom. The molecule has 1 aliphatic rings. The molecule has 0 spiro atoms. The molecule has 0 bridgehead atoms. The van der Waals surface area contributed by atoms with Crippen LogP contribution in [0.1, 0.15) is 48.6 Å². The summed E-state index contributed by atoms with van der Waals surface area (Å²) in [5.74, 6) is -2.05. The number of sulfone groups is 1. The Balaban J connectivity index is 1.62. The van der Waals surface area contributed by atoms with E-state index in [1.165, 1.54) is 38.5 Å². The van der Waals surface area contributed by atoms with Gasteiger partial charge in [0.1, 0.15) is 0 Å². The first-order chi connectivity index (χ1) is 22.3. The average Bonchev–Trinajstić information content (AvgIpc) is 3.53. The van der Waals surface area contributed by atoms with Crippen LogP contribution in [0.5, 0.6) is 5.75 Å². The van der Waals surface area contributed by atoms with E-state index in [1.807, 2.05) is 12.1 Å². The second kappa shape index (κ2) is 13.9. The van der Waals surface area contributed by atoms with Crippen LogP contribution >= 0.6 is 0 Å². The number of ether oxygens (including phenoxy) is 2. The molecule has 248 valence electrons. The molecule has 10 nitrogen and oxygen atoms in total. The summed E-state index contributed by atoms with van der Waals surface area (Å²) in [4.78, 5) is 32.4. The van der Waals surface area contributed by atoms with Crippen LogP contribution in [0.3, 0.4) is 0 Å². The van der Waals surface area contributed by atoms with E-state index < -0.39 is 65.2 Å². The number of anilines is 2. The van der Waals surface area contributed by atoms with Crippen molar-refractivity contribution < 1.29 is 36.3 Å². The quantitative estimate of drug-likeness (QED) is 0.238. The number of hydrogen-bond donors (Lipinski definition) is 2. The SMILES string of the molecule is COC(=O)Nc1ccc(S(=O)(=O)C(C)C)c(C2CCCN2C(=O)C([AsH]c2ccc3c(N)nccc3c2)c2cc(OC)c(F)cc2F)c1. The van der Waals surface area contributed by atoms with Gasteiger partial charge in [-0.3, -0.25) is 0 Å². The number of rotatable bonds is 9. The van der Waals surface area contributed by atoms with Crippen LogP contribution in [0.25, 0.3) is 10.8 Å². The first-order valence-electron chi connectivity index (χ1n) is 14.8. The predicted octanol–water partition coefficient (Wildman–Crippen LogP) is 4.63. The van der Waals surface area contributed by atoms with E-state index in [1.54, 1.807) is 37.1 Å². The number of amides is 2. The van der Waals surface area contributed by atoms with Crippen molar-refractivity contribution in [3.8, 4) is 5.75 Å². The third-order valence-corrected chi connectivity index (χ3v) is 13.6. The van der Waals surface area contributed by atoms with Gasteiger partial charge in [-0.1, -0.05) is 0 Å². The van der Waals surface area contributed by atoms with Gasteiger partial charge in [-0.15, -0.1) is 0 Å². The molecule has 2 amide bonds. The Morgan fingerprint density at radius 2 is 1.83 bits per heavy atom. The Bertz CT molecular complexity index is 1960. The number of nitrogens with two attached hydrogens (primary N) is 1. The third-order valence-electron chi connectivity index (χ3n) is 8.20. The number of nitrogens with one attached hydrogen (secondary N) is 1. The van der Waals surface area contributed by atoms with E-state index >= 15 is 4.39 Å². The zero-order valence-corrected chi connectivity index (χ0v) is 29.1. The van der Waals surface area contributed by atoms with Gasteiger partial charge >= 0.3 is 279 Å². The summed E-state index contributed by atoms with van der Waals surface area (Å²) in [5, 5.41) is 3.35. The second-order valence-corrected chi connectivity index (χ2v) is 16.9. The minimum atomic E-state index is -3.82. The van der Waals surface area contributed by atoms with Gasteiger partial charge in [0.2, 0.25) is 0 Å². The molecule has 0 radical (unpaired) electrons. The molecule has 0 aliphatic carbocycles. The molecule has 3 unspecified atom stereocenters. The molecular formula is C33H35AsF2N4O6S. The van der Waals surface area contributed by atoms with Crippen LogP contribution in [-0.2, 0) is 19.4 Å². The van der Waals surface area contributed by atoms with E-state index in [2.05, 4.69) is 10.3 Å². The van der Waals surface area contributed by atoms with Crippen molar-refractivity contribution in [1.82, 2.24) is 9.88 Å². The zero-order chi connectivity index (χ0) is 34.0. The number of nitrogens with zero attached hydrogens (tertiary/aromatic N) is 2. The van der Waals surface area contributed by atoms with Crippen molar-refractivity contribution in [1.29, 1.82) is 0 Å². The normalized spacial score (nSPS) is 15.8. The molecule has 3 atom stereocenters. The van der Waals surface area contributed by atoms with Gasteiger partial charge < -0.3 is 0 Å². The Morgan fingerprint density at radius 3 is 2.53 bits per heavy atom. The molecule has 2 heterocycles. The first-order valence-corrected chi connectivity index (χ1v) is 18.6. The van der Waals surface area contributed by atoms with Crippen molar-refractivity contribution in [3.63, 3.8) is 0 Å². The number of carbonyl (C=O) groups excluding carboxylic acids is 2. The summed E-state index contributed by atoms with van der Waals surface area (Å²) < 4.78 is 66.9. The van der Waals surface area contributed by atoms with E-state index in [9.17, 15) is 22.4 Å². The molecule has 47 heavy (non-hydrogen) atoms. The van der Waals surface area contributed by atoms with Gasteiger partial charge in [-0.2, -0.15) is 0 Å². The summed E-state index contributed by atoms with van der Waals surface area (Å²) in [6.45, 7) is 3.41. The van der Waals surface area contributed by atoms with Gasteiger partial charge in [0, 0.05) is 0 Å². The van der Waals surface area contributed by atoms with Crippen LogP contribution in [0.4, 0.5) is 25.1 Å². The number of aromatic nitrogens is 1. The number of likely N-dealkylation sites (tertiary alicyclic amines) is 1. The number of fused-ring (bicyclic) bond motifs is 1. The fourth-order valence-electron chi connectivity index (χ4n) is 5.74. The van der Waals surface area contributed by atoms with Gasteiger partial charge in [0.15, 0.2) is 0 Å². The van der Waals surface area contributed by atoms with Crippen LogP contribution in [-0.4, -0.2) is 72.1 Å². The maximum atomic E-state index is 15.6. The Hall–Kier alpha value is -4.22. The molecule has 0 saturated carbocycles. The molecule has 4 aromatic rings. The van der Waals surface area contributed by atoms with Crippen LogP contribution in [0.15, 0.2) is 65.7 Å². The number of carbonyl (C=O) groups is 2. The zero-order valence-electron chi connectivity index (χ0n) is 26.2. The predicted molar refractivity (Wildman–Crippen MR) is 177 cm³/mol. The van der Waals surface area contributed by atoms with Crippen LogP contribution in [0, 0.1) is 11.6 Å². The average molecular weight is 729 g/mol. The van der Waals surface area contributed by atoms with Crippen molar-refractivity contribution in [2.24, 2.45) is 0 Å². The summed E-state index contributed by atoms with van der Waals surface area (Å²) in [6, 6.07) is 13.0. The monoisotopic (exact) mass is 728 g/mol. The van der Waals surface area contributed by atoms with Gasteiger partial charge in [0.25, 0.3) is 0 Å². The number of benzene rings is 3. The van der Waals surface area contributed by atoms with E-state index in [4.69, 9.17) is 15.2 Å². The number of pyridine rings is 1. The summed E-state index contributed by atoms with van der Waals surface area (Å²) >= 11 is -1.50. The molecule has 1 aromatic heterocycles. The summed E-state index contributed by atoms with van der Waals surface area (Å²) in [5.41, 5.74) is 6.66. The van der Waals surface area contributed by atoms with Crippen molar-refractivity contribution in [2.75, 3.05) is 31.8 Å². The van der Waals surface area contributed by atoms with E-state index in [-0.39, 0.29) is 28.4 Å². The van der Waals surface area contributed by atoms with E-state index in [0.717, 1.165) is 15.1 Å². The molecule has 3 N–H and O–H groups in total. The molecule has 14 heteroatoms. The molecule has 3 aromatic carbocycles. The Labute approximate surface area is 278 Å². The molecule has 1 fully saturated rings. The number of methoxy groups -OCH3 is 2. The summed E-state index contributed by atoms with van der Waals surface area (Å²) in [6.07, 6.45) is 1.82. The van der Waals surface area contributed by atoms with E-state index in [0.29, 0.717) is 30.3 Å². The molecular weight excluding hydrogens is 693 g/mol. The van der Waals surface area contributed by atoms with Crippen LogP contribution < -0.4 is 20.1 Å². The van der Waals surface area contributed by atoms with Crippen molar-refractivity contribution in [3.05, 3.63) is 83.6 Å². The standard InChI is InChI=1S/C33H35AsF2N4O6S/c1-18(2)47(43,44)29-10-8-21(39-33(42)46-4)15-24(29)27-6-5-13-40(27)32(41)30(23-16-28(45-3)26(36)17-25(23)35)34-20-7-9-22-19(14-20)11-12-38-31(22)37/h7-12,14-18,27,30,34H,5-6,13H2,1-4H3,(H2,37,38)(H,39,42). The molecule has 1 saturated heterocycles. The topological polar surface area (TPSA) is 141 Å². The van der Waals surface area contributed by atoms with Crippen LogP contribution in [0.2, 0.25) is 0 Å². The van der Waals surface area contributed by atoms with Gasteiger partial charge in [-0.05, 0) is 0 Å².